The van der Waals surface area contributed by atoms with Crippen LogP contribution in [0.1, 0.15) is 24.2 Å². The number of furan rings is 1. The molecule has 6 nitrogen and oxygen atoms in total. The van der Waals surface area contributed by atoms with E-state index in [2.05, 4.69) is 4.98 Å². The van der Waals surface area contributed by atoms with Gasteiger partial charge in [0.25, 0.3) is 11.5 Å². The molecule has 1 atom stereocenters. The van der Waals surface area contributed by atoms with Gasteiger partial charge in [-0.15, -0.1) is 0 Å². The van der Waals surface area contributed by atoms with Crippen LogP contribution in [0, 0.1) is 0 Å². The Morgan fingerprint density at radius 3 is 2.85 bits per heavy atom. The largest absolute Gasteiger partial charge is 0.467 e. The van der Waals surface area contributed by atoms with Gasteiger partial charge >= 0.3 is 0 Å². The number of rotatable bonds is 5. The zero-order valence-corrected chi connectivity index (χ0v) is 14.3. The topological polar surface area (TPSA) is 75.5 Å². The number of carbonyl (C=O) groups is 1. The van der Waals surface area contributed by atoms with Crippen LogP contribution >= 0.6 is 0 Å². The van der Waals surface area contributed by atoms with Crippen molar-refractivity contribution in [1.29, 1.82) is 0 Å². The lowest BCUT2D eigenvalue weighted by Crippen LogP contribution is -2.39. The second-order valence-electron chi connectivity index (χ2n) is 6.49. The minimum absolute atomic E-state index is 0.105. The highest BCUT2D eigenvalue weighted by atomic mass is 16.5. The monoisotopic (exact) mass is 352 g/mol. The minimum atomic E-state index is -0.440. The number of H-pyrrole nitrogens is 1. The molecule has 134 valence electrons. The summed E-state index contributed by atoms with van der Waals surface area (Å²) in [7, 11) is 0. The van der Waals surface area contributed by atoms with E-state index in [1.54, 1.807) is 17.2 Å². The number of para-hydroxylation sites is 1. The van der Waals surface area contributed by atoms with Crippen LogP contribution in [-0.2, 0) is 22.6 Å². The van der Waals surface area contributed by atoms with Gasteiger partial charge in [0.15, 0.2) is 0 Å². The van der Waals surface area contributed by atoms with Crippen molar-refractivity contribution in [2.24, 2.45) is 0 Å². The molecular weight excluding hydrogens is 332 g/mol. The number of aromatic nitrogens is 1. The van der Waals surface area contributed by atoms with Gasteiger partial charge in [0.1, 0.15) is 11.9 Å². The molecule has 1 aliphatic rings. The first-order chi connectivity index (χ1) is 12.7. The molecule has 3 aromatic rings. The number of hydrogen-bond donors (Lipinski definition) is 1. The molecule has 1 N–H and O–H groups in total. The number of pyridine rings is 1. The standard InChI is InChI=1S/C20H20N2O4/c23-19-15(11-14-5-1-2-7-17(14)21-19)12-22(13-16-6-3-9-25-16)20(24)18-8-4-10-26-18/h1-3,5-7,9,11,18H,4,8,10,12-13H2,(H,21,23)/t18-/m0/s1. The summed E-state index contributed by atoms with van der Waals surface area (Å²) in [5, 5.41) is 0.935. The zero-order valence-electron chi connectivity index (χ0n) is 14.3. The summed E-state index contributed by atoms with van der Waals surface area (Å²) in [6.45, 7) is 1.11. The van der Waals surface area contributed by atoms with Crippen molar-refractivity contribution in [3.8, 4) is 0 Å². The molecule has 1 amide bonds. The summed E-state index contributed by atoms with van der Waals surface area (Å²) in [6, 6.07) is 13.0. The lowest BCUT2D eigenvalue weighted by molar-refractivity contribution is -0.142. The highest BCUT2D eigenvalue weighted by molar-refractivity contribution is 5.82. The van der Waals surface area contributed by atoms with Crippen LogP contribution in [0.25, 0.3) is 10.9 Å². The van der Waals surface area contributed by atoms with Crippen LogP contribution in [0.2, 0.25) is 0 Å². The molecule has 0 bridgehead atoms. The smallest absolute Gasteiger partial charge is 0.253 e. The first kappa shape index (κ1) is 16.6. The highest BCUT2D eigenvalue weighted by Gasteiger charge is 2.29. The van der Waals surface area contributed by atoms with Crippen molar-refractivity contribution in [2.45, 2.75) is 32.0 Å². The van der Waals surface area contributed by atoms with E-state index < -0.39 is 6.10 Å². The van der Waals surface area contributed by atoms with E-state index >= 15 is 0 Å². The number of hydrogen-bond acceptors (Lipinski definition) is 4. The number of nitrogens with zero attached hydrogens (tertiary/aromatic N) is 1. The second kappa shape index (κ2) is 7.17. The lowest BCUT2D eigenvalue weighted by atomic mass is 10.1. The Morgan fingerprint density at radius 1 is 1.19 bits per heavy atom. The molecule has 0 saturated carbocycles. The van der Waals surface area contributed by atoms with Crippen LogP contribution in [0.5, 0.6) is 0 Å². The summed E-state index contributed by atoms with van der Waals surface area (Å²) in [5.74, 6) is 0.569. The molecule has 1 fully saturated rings. The molecule has 6 heteroatoms. The number of amides is 1. The molecule has 1 aromatic carbocycles. The summed E-state index contributed by atoms with van der Waals surface area (Å²) in [6.07, 6.45) is 2.72. The normalized spacial score (nSPS) is 16.8. The fraction of sp³-hybridized carbons (Fsp3) is 0.300. The molecule has 1 saturated heterocycles. The Labute approximate surface area is 150 Å². The van der Waals surface area contributed by atoms with Gasteiger partial charge in [0, 0.05) is 17.7 Å². The van der Waals surface area contributed by atoms with Gasteiger partial charge in [-0.05, 0) is 42.5 Å². The van der Waals surface area contributed by atoms with Gasteiger partial charge < -0.3 is 19.0 Å². The predicted octanol–water partition coefficient (Wildman–Crippen LogP) is 2.83. The Balaban J connectivity index is 1.64. The maximum Gasteiger partial charge on any atom is 0.253 e. The van der Waals surface area contributed by atoms with E-state index in [0.29, 0.717) is 30.9 Å². The molecule has 0 unspecified atom stereocenters. The van der Waals surface area contributed by atoms with Crippen LogP contribution in [0.4, 0.5) is 0 Å². The van der Waals surface area contributed by atoms with Gasteiger partial charge in [-0.2, -0.15) is 0 Å². The van der Waals surface area contributed by atoms with Crippen LogP contribution in [0.3, 0.4) is 0 Å². The Hall–Kier alpha value is -2.86. The van der Waals surface area contributed by atoms with Crippen LogP contribution in [0.15, 0.2) is 57.9 Å². The van der Waals surface area contributed by atoms with Gasteiger partial charge in [-0.25, -0.2) is 0 Å². The van der Waals surface area contributed by atoms with E-state index in [0.717, 1.165) is 17.3 Å². The third-order valence-corrected chi connectivity index (χ3v) is 4.64. The molecule has 1 aliphatic heterocycles. The van der Waals surface area contributed by atoms with E-state index in [1.165, 1.54) is 0 Å². The molecule has 26 heavy (non-hydrogen) atoms. The van der Waals surface area contributed by atoms with Crippen LogP contribution in [-0.4, -0.2) is 28.5 Å². The van der Waals surface area contributed by atoms with E-state index in [9.17, 15) is 9.59 Å². The molecule has 0 aliphatic carbocycles. The van der Waals surface area contributed by atoms with Crippen molar-refractivity contribution >= 4 is 16.8 Å². The molecular formula is C20H20N2O4. The SMILES string of the molecule is O=C([C@@H]1CCCO1)N(Cc1ccco1)Cc1cc2ccccc2[nH]c1=O. The Bertz CT molecular complexity index is 955. The molecule has 4 rings (SSSR count). The number of aromatic amines is 1. The van der Waals surface area contributed by atoms with E-state index in [4.69, 9.17) is 9.15 Å². The molecule has 3 heterocycles. The summed E-state index contributed by atoms with van der Waals surface area (Å²) < 4.78 is 10.9. The maximum absolute atomic E-state index is 12.9. The maximum atomic E-state index is 12.9. The van der Waals surface area contributed by atoms with Crippen molar-refractivity contribution in [2.75, 3.05) is 6.61 Å². The summed E-state index contributed by atoms with van der Waals surface area (Å²) >= 11 is 0. The van der Waals surface area contributed by atoms with Gasteiger partial charge in [0.2, 0.25) is 0 Å². The number of fused-ring (bicyclic) bond motifs is 1. The number of benzene rings is 1. The zero-order chi connectivity index (χ0) is 17.9. The lowest BCUT2D eigenvalue weighted by Gasteiger charge is -2.24. The molecule has 0 spiro atoms. The fourth-order valence-electron chi connectivity index (χ4n) is 3.29. The van der Waals surface area contributed by atoms with Gasteiger partial charge in [-0.1, -0.05) is 18.2 Å². The Morgan fingerprint density at radius 2 is 2.08 bits per heavy atom. The second-order valence-corrected chi connectivity index (χ2v) is 6.49. The fourth-order valence-corrected chi connectivity index (χ4v) is 3.29. The third kappa shape index (κ3) is 3.41. The summed E-state index contributed by atoms with van der Waals surface area (Å²) in [5.41, 5.74) is 1.14. The third-order valence-electron chi connectivity index (χ3n) is 4.64. The first-order valence-electron chi connectivity index (χ1n) is 8.74. The van der Waals surface area contributed by atoms with E-state index in [1.807, 2.05) is 36.4 Å². The highest BCUT2D eigenvalue weighted by Crippen LogP contribution is 2.19. The molecule has 2 aromatic heterocycles. The Kier molecular flexibility index (Phi) is 4.58. The van der Waals surface area contributed by atoms with Crippen molar-refractivity contribution < 1.29 is 13.9 Å². The summed E-state index contributed by atoms with van der Waals surface area (Å²) in [4.78, 5) is 29.9. The molecule has 0 radical (unpaired) electrons. The van der Waals surface area contributed by atoms with Crippen molar-refractivity contribution in [3.63, 3.8) is 0 Å². The number of carbonyl (C=O) groups excluding carboxylic acids is 1. The average molecular weight is 352 g/mol. The predicted molar refractivity (Wildman–Crippen MR) is 96.5 cm³/mol. The number of nitrogens with one attached hydrogen (secondary N) is 1. The van der Waals surface area contributed by atoms with Gasteiger partial charge in [-0.3, -0.25) is 9.59 Å². The quantitative estimate of drug-likeness (QED) is 0.766. The van der Waals surface area contributed by atoms with Crippen molar-refractivity contribution in [1.82, 2.24) is 9.88 Å². The van der Waals surface area contributed by atoms with Gasteiger partial charge in [0.05, 0.1) is 19.4 Å². The average Bonchev–Trinajstić information content (AvgIpc) is 3.35. The van der Waals surface area contributed by atoms with E-state index in [-0.39, 0.29) is 18.0 Å². The van der Waals surface area contributed by atoms with Crippen molar-refractivity contribution in [3.05, 3.63) is 70.4 Å². The number of ether oxygens (including phenoxy) is 1. The minimum Gasteiger partial charge on any atom is -0.467 e. The van der Waals surface area contributed by atoms with Crippen LogP contribution < -0.4 is 5.56 Å². The first-order valence-corrected chi connectivity index (χ1v) is 8.74.